The van der Waals surface area contributed by atoms with E-state index in [-0.39, 0.29) is 31.4 Å². The van der Waals surface area contributed by atoms with Gasteiger partial charge in [0.25, 0.3) is 0 Å². The monoisotopic (exact) mass is 658 g/mol. The summed E-state index contributed by atoms with van der Waals surface area (Å²) in [4.78, 5) is 43.0. The maximum absolute atomic E-state index is 12.0. The molecular weight excluding hydrogens is 612 g/mol. The largest absolute Gasteiger partial charge is 0.508 e. The maximum atomic E-state index is 12.0. The van der Waals surface area contributed by atoms with Crippen LogP contribution in [0.3, 0.4) is 0 Å². The van der Waals surface area contributed by atoms with Crippen LogP contribution in [0.1, 0.15) is 18.1 Å². The van der Waals surface area contributed by atoms with E-state index < -0.39 is 17.9 Å². The fourth-order valence-corrected chi connectivity index (χ4v) is 5.70. The first-order chi connectivity index (χ1) is 22.0. The zero-order valence-electron chi connectivity index (χ0n) is 26.3. The molecule has 1 atom stereocenters. The standard InChI is InChI=1S/C32H46N6O7S/c1-2-35-13-15-36(21-29(40)41)17-18-38(23-31(44)45)27(20-37(16-14-35)22-30(42)43)19-25-3-7-26(8-4-25)34-32(46)33-12-11-24-5-9-28(39)10-6-24/h3-10,27,39H,2,11-23H2,1H3,(H,40,41)(H,42,43)(H,44,45)(H2,33,34,46). The van der Waals surface area contributed by atoms with Crippen LogP contribution < -0.4 is 10.6 Å². The average molecular weight is 659 g/mol. The summed E-state index contributed by atoms with van der Waals surface area (Å²) in [6, 6.07) is 14.3. The number of carbonyl (C=O) groups is 3. The van der Waals surface area contributed by atoms with Gasteiger partial charge in [0.15, 0.2) is 5.11 Å². The number of nitrogens with zero attached hydrogens (tertiary/aromatic N) is 4. The van der Waals surface area contributed by atoms with E-state index in [0.717, 1.165) is 29.8 Å². The smallest absolute Gasteiger partial charge is 0.317 e. The van der Waals surface area contributed by atoms with Gasteiger partial charge in [0.1, 0.15) is 5.75 Å². The summed E-state index contributed by atoms with van der Waals surface area (Å²) in [6.07, 6.45) is 1.20. The zero-order chi connectivity index (χ0) is 33.5. The van der Waals surface area contributed by atoms with Crippen LogP contribution in [0.2, 0.25) is 0 Å². The van der Waals surface area contributed by atoms with Crippen molar-refractivity contribution in [2.24, 2.45) is 0 Å². The van der Waals surface area contributed by atoms with Gasteiger partial charge in [0, 0.05) is 64.1 Å². The van der Waals surface area contributed by atoms with Crippen molar-refractivity contribution in [3.05, 3.63) is 59.7 Å². The first-order valence-electron chi connectivity index (χ1n) is 15.5. The third-order valence-corrected chi connectivity index (χ3v) is 8.22. The zero-order valence-corrected chi connectivity index (χ0v) is 27.1. The normalized spacial score (nSPS) is 17.8. The predicted octanol–water partition coefficient (Wildman–Crippen LogP) is 1.33. The third-order valence-electron chi connectivity index (χ3n) is 7.98. The van der Waals surface area contributed by atoms with E-state index in [1.54, 1.807) is 12.1 Å². The lowest BCUT2D eigenvalue weighted by molar-refractivity contribution is -0.141. The maximum Gasteiger partial charge on any atom is 0.317 e. The van der Waals surface area contributed by atoms with Crippen LogP contribution in [0, 0.1) is 0 Å². The van der Waals surface area contributed by atoms with E-state index in [4.69, 9.17) is 12.2 Å². The van der Waals surface area contributed by atoms with Crippen LogP contribution in [-0.4, -0.2) is 148 Å². The summed E-state index contributed by atoms with van der Waals surface area (Å²) in [5.74, 6) is -2.67. The van der Waals surface area contributed by atoms with Crippen LogP contribution in [0.5, 0.6) is 5.75 Å². The molecule has 0 radical (unpaired) electrons. The van der Waals surface area contributed by atoms with Crippen LogP contribution in [0.15, 0.2) is 48.5 Å². The number of aliphatic carboxylic acids is 3. The molecule has 3 rings (SSSR count). The van der Waals surface area contributed by atoms with Gasteiger partial charge in [-0.2, -0.15) is 0 Å². The topological polar surface area (TPSA) is 169 Å². The molecule has 1 heterocycles. The average Bonchev–Trinajstić information content (AvgIpc) is 2.99. The Morgan fingerprint density at radius 3 is 1.91 bits per heavy atom. The second kappa shape index (κ2) is 19.0. The lowest BCUT2D eigenvalue weighted by Crippen LogP contribution is -2.53. The number of aromatic hydroxyl groups is 1. The Kier molecular flexibility index (Phi) is 15.1. The summed E-state index contributed by atoms with van der Waals surface area (Å²) in [5, 5.41) is 45.2. The van der Waals surface area contributed by atoms with Crippen LogP contribution in [0.25, 0.3) is 0 Å². The lowest BCUT2D eigenvalue weighted by atomic mass is 10.0. The summed E-state index contributed by atoms with van der Waals surface area (Å²) < 4.78 is 0. The van der Waals surface area contributed by atoms with Gasteiger partial charge in [0.2, 0.25) is 0 Å². The van der Waals surface area contributed by atoms with Crippen molar-refractivity contribution < 1.29 is 34.8 Å². The molecule has 2 aromatic carbocycles. The number of anilines is 1. The summed E-state index contributed by atoms with van der Waals surface area (Å²) in [6.45, 7) is 6.07. The number of nitrogens with one attached hydrogen (secondary N) is 2. The third kappa shape index (κ3) is 13.7. The molecule has 1 unspecified atom stereocenters. The number of phenols is 1. The Hall–Kier alpha value is -3.82. The molecule has 6 N–H and O–H groups in total. The number of phenolic OH excluding ortho intramolecular Hbond substituents is 1. The molecule has 0 aromatic heterocycles. The fraction of sp³-hybridized carbons (Fsp3) is 0.500. The van der Waals surface area contributed by atoms with E-state index in [0.29, 0.717) is 63.9 Å². The number of hydrogen-bond donors (Lipinski definition) is 6. The van der Waals surface area contributed by atoms with Crippen molar-refractivity contribution in [3.63, 3.8) is 0 Å². The van der Waals surface area contributed by atoms with Crippen molar-refractivity contribution in [1.29, 1.82) is 0 Å². The van der Waals surface area contributed by atoms with Crippen molar-refractivity contribution in [3.8, 4) is 5.75 Å². The molecular formula is C32H46N6O7S. The Bertz CT molecular complexity index is 1280. The minimum atomic E-state index is -1.00. The Balaban J connectivity index is 1.73. The molecule has 14 heteroatoms. The Morgan fingerprint density at radius 2 is 1.30 bits per heavy atom. The van der Waals surface area contributed by atoms with E-state index in [9.17, 15) is 34.8 Å². The summed E-state index contributed by atoms with van der Waals surface area (Å²) >= 11 is 5.44. The van der Waals surface area contributed by atoms with E-state index >= 15 is 0 Å². The molecule has 0 aliphatic carbocycles. The second-order valence-corrected chi connectivity index (χ2v) is 11.9. The highest BCUT2D eigenvalue weighted by molar-refractivity contribution is 7.80. The van der Waals surface area contributed by atoms with Gasteiger partial charge >= 0.3 is 17.9 Å². The van der Waals surface area contributed by atoms with Crippen LogP contribution in [-0.2, 0) is 27.2 Å². The minimum Gasteiger partial charge on any atom is -0.508 e. The first kappa shape index (κ1) is 36.6. The second-order valence-electron chi connectivity index (χ2n) is 11.4. The molecule has 0 saturated carbocycles. The molecule has 0 bridgehead atoms. The number of hydrogen-bond acceptors (Lipinski definition) is 9. The van der Waals surface area contributed by atoms with Crippen LogP contribution >= 0.6 is 12.2 Å². The minimum absolute atomic E-state index is 0.143. The first-order valence-corrected chi connectivity index (χ1v) is 15.9. The highest BCUT2D eigenvalue weighted by Crippen LogP contribution is 2.16. The van der Waals surface area contributed by atoms with E-state index in [1.807, 2.05) is 58.0 Å². The predicted molar refractivity (Wildman–Crippen MR) is 179 cm³/mol. The Labute approximate surface area is 275 Å². The molecule has 1 saturated heterocycles. The van der Waals surface area contributed by atoms with E-state index in [1.165, 1.54) is 0 Å². The molecule has 1 fully saturated rings. The summed E-state index contributed by atoms with van der Waals surface area (Å²) in [5.41, 5.74) is 2.79. The number of thiocarbonyl (C=S) groups is 1. The lowest BCUT2D eigenvalue weighted by Gasteiger charge is -2.37. The van der Waals surface area contributed by atoms with Gasteiger partial charge in [-0.25, -0.2) is 0 Å². The highest BCUT2D eigenvalue weighted by atomic mass is 32.1. The van der Waals surface area contributed by atoms with Gasteiger partial charge < -0.3 is 36.0 Å². The quantitative estimate of drug-likeness (QED) is 0.171. The number of benzene rings is 2. The molecule has 0 amide bonds. The molecule has 46 heavy (non-hydrogen) atoms. The van der Waals surface area contributed by atoms with Crippen molar-refractivity contribution in [2.45, 2.75) is 25.8 Å². The van der Waals surface area contributed by atoms with E-state index in [2.05, 4.69) is 15.5 Å². The number of carboxylic acids is 3. The molecule has 13 nitrogen and oxygen atoms in total. The van der Waals surface area contributed by atoms with Crippen LogP contribution in [0.4, 0.5) is 5.69 Å². The molecule has 1 aliphatic heterocycles. The summed E-state index contributed by atoms with van der Waals surface area (Å²) in [7, 11) is 0. The van der Waals surface area contributed by atoms with Gasteiger partial charge in [-0.15, -0.1) is 0 Å². The molecule has 0 spiro atoms. The van der Waals surface area contributed by atoms with Crippen molar-refractivity contribution >= 4 is 40.9 Å². The SMILES string of the molecule is CCN1CCN(CC(=O)O)CCN(CC(=O)O)C(Cc2ccc(NC(=S)NCCc3ccc(O)cc3)cc2)CN(CC(=O)O)CC1. The fourth-order valence-electron chi connectivity index (χ4n) is 5.48. The number of carboxylic acid groups (broad SMARTS) is 3. The van der Waals surface area contributed by atoms with Gasteiger partial charge in [-0.1, -0.05) is 31.2 Å². The van der Waals surface area contributed by atoms with Gasteiger partial charge in [0.05, 0.1) is 19.6 Å². The number of likely N-dealkylation sites (N-methyl/N-ethyl adjacent to an activating group) is 1. The molecule has 1 aliphatic rings. The van der Waals surface area contributed by atoms with Crippen molar-refractivity contribution in [2.75, 3.05) is 83.9 Å². The number of rotatable bonds is 13. The van der Waals surface area contributed by atoms with Crippen molar-refractivity contribution in [1.82, 2.24) is 24.9 Å². The molecule has 252 valence electrons. The molecule has 2 aromatic rings. The van der Waals surface area contributed by atoms with Gasteiger partial charge in [-0.05, 0) is 67.0 Å². The Morgan fingerprint density at radius 1 is 0.761 bits per heavy atom. The van der Waals surface area contributed by atoms with Gasteiger partial charge in [-0.3, -0.25) is 29.1 Å². The highest BCUT2D eigenvalue weighted by Gasteiger charge is 2.27.